The number of thiazole rings is 1. The van der Waals surface area contributed by atoms with Gasteiger partial charge in [-0.15, -0.1) is 5.10 Å². The van der Waals surface area contributed by atoms with E-state index in [-0.39, 0.29) is 0 Å². The van der Waals surface area contributed by atoms with E-state index in [0.717, 1.165) is 4.80 Å². The molecule has 0 aliphatic heterocycles. The number of hydrogen-bond donors (Lipinski definition) is 0. The van der Waals surface area contributed by atoms with Crippen LogP contribution in [0.1, 0.15) is 6.92 Å². The highest BCUT2D eigenvalue weighted by Gasteiger charge is 2.06. The number of aromatic nitrogens is 1. The summed E-state index contributed by atoms with van der Waals surface area (Å²) in [5.74, 6) is 0. The van der Waals surface area contributed by atoms with Crippen molar-refractivity contribution in [3.8, 4) is 0 Å². The first kappa shape index (κ1) is 11.2. The van der Waals surface area contributed by atoms with Gasteiger partial charge in [0.05, 0.1) is 10.2 Å². The summed E-state index contributed by atoms with van der Waals surface area (Å²) in [6.07, 6.45) is 1.70. The summed E-state index contributed by atoms with van der Waals surface area (Å²) in [6.45, 7) is 1.87. The quantitative estimate of drug-likeness (QED) is 0.472. The van der Waals surface area contributed by atoms with Crippen molar-refractivity contribution in [2.75, 3.05) is 0 Å². The minimum absolute atomic E-state index is 0.916. The lowest BCUT2D eigenvalue weighted by atomic mass is 10.1. The van der Waals surface area contributed by atoms with Gasteiger partial charge in [-0.25, -0.2) is 0 Å². The van der Waals surface area contributed by atoms with Crippen molar-refractivity contribution in [3.05, 3.63) is 41.2 Å². The van der Waals surface area contributed by atoms with Crippen LogP contribution >= 0.6 is 11.3 Å². The summed E-state index contributed by atoms with van der Waals surface area (Å²) < 4.78 is 3.34. The number of benzene rings is 2. The Balaban J connectivity index is 2.48. The molecule has 0 saturated heterocycles. The predicted octanol–water partition coefficient (Wildman–Crippen LogP) is 3.30. The molecule has 0 saturated carbocycles. The van der Waals surface area contributed by atoms with Crippen molar-refractivity contribution < 1.29 is 0 Å². The molecule has 0 unspecified atom stereocenters. The molecule has 0 N–H and O–H groups in total. The Bertz CT molecular complexity index is 809. The van der Waals surface area contributed by atoms with Gasteiger partial charge in [-0.05, 0) is 18.4 Å². The smallest absolute Gasteiger partial charge is 0.211 e. The highest BCUT2D eigenvalue weighted by molar-refractivity contribution is 7.16. The van der Waals surface area contributed by atoms with Crippen molar-refractivity contribution in [3.63, 3.8) is 0 Å². The lowest BCUT2D eigenvalue weighted by Crippen LogP contribution is -2.09. The van der Waals surface area contributed by atoms with Crippen LogP contribution in [-0.4, -0.2) is 10.8 Å². The molecule has 3 rings (SSSR count). The van der Waals surface area contributed by atoms with Crippen molar-refractivity contribution in [2.24, 2.45) is 17.3 Å². The molecule has 0 aliphatic rings. The lowest BCUT2D eigenvalue weighted by Gasteiger charge is -2.01. The van der Waals surface area contributed by atoms with Gasteiger partial charge in [-0.3, -0.25) is 0 Å². The average Bonchev–Trinajstić information content (AvgIpc) is 2.73. The number of rotatable bonds is 1. The van der Waals surface area contributed by atoms with E-state index in [2.05, 4.69) is 51.2 Å². The SMILES string of the molecule is C/C=N/N=c1\sc2ccc3ccccc3c2n1C. The number of nitrogens with zero attached hydrogens (tertiary/aromatic N) is 3. The topological polar surface area (TPSA) is 29.6 Å². The monoisotopic (exact) mass is 255 g/mol. The van der Waals surface area contributed by atoms with Crippen LogP contribution in [0.25, 0.3) is 21.0 Å². The Morgan fingerprint density at radius 2 is 2.00 bits per heavy atom. The molecule has 3 nitrogen and oxygen atoms in total. The molecule has 18 heavy (non-hydrogen) atoms. The minimum atomic E-state index is 0.916. The van der Waals surface area contributed by atoms with Crippen LogP contribution in [0, 0.1) is 0 Å². The third kappa shape index (κ3) is 1.66. The van der Waals surface area contributed by atoms with Crippen LogP contribution in [0.3, 0.4) is 0 Å². The fraction of sp³-hybridized carbons (Fsp3) is 0.143. The van der Waals surface area contributed by atoms with Crippen LogP contribution < -0.4 is 4.80 Å². The number of aryl methyl sites for hydroxylation is 1. The fourth-order valence-corrected chi connectivity index (χ4v) is 3.11. The van der Waals surface area contributed by atoms with Gasteiger partial charge < -0.3 is 4.57 Å². The van der Waals surface area contributed by atoms with Gasteiger partial charge in [0.2, 0.25) is 4.80 Å². The molecule has 1 heterocycles. The van der Waals surface area contributed by atoms with E-state index in [1.54, 1.807) is 17.6 Å². The molecule has 0 amide bonds. The zero-order valence-corrected chi connectivity index (χ0v) is 11.1. The summed E-state index contributed by atoms with van der Waals surface area (Å²) in [4.78, 5) is 0.916. The van der Waals surface area contributed by atoms with Crippen LogP contribution in [-0.2, 0) is 7.05 Å². The average molecular weight is 255 g/mol. The van der Waals surface area contributed by atoms with E-state index in [4.69, 9.17) is 0 Å². The van der Waals surface area contributed by atoms with Gasteiger partial charge in [0, 0.05) is 18.6 Å². The van der Waals surface area contributed by atoms with E-state index >= 15 is 0 Å². The van der Waals surface area contributed by atoms with E-state index in [9.17, 15) is 0 Å². The molecule has 0 radical (unpaired) electrons. The second kappa shape index (κ2) is 4.38. The van der Waals surface area contributed by atoms with Gasteiger partial charge >= 0.3 is 0 Å². The summed E-state index contributed by atoms with van der Waals surface area (Å²) in [5, 5.41) is 10.7. The second-order valence-electron chi connectivity index (χ2n) is 4.05. The third-order valence-corrected chi connectivity index (χ3v) is 4.03. The standard InChI is InChI=1S/C14H13N3S/c1-3-15-16-14-17(2)13-11-7-5-4-6-10(11)8-9-12(13)18-14/h3-9H,1-2H3/b15-3+,16-14-. The molecular formula is C14H13N3S. The molecule has 90 valence electrons. The van der Waals surface area contributed by atoms with Crippen LogP contribution in [0.2, 0.25) is 0 Å². The zero-order valence-electron chi connectivity index (χ0n) is 10.3. The maximum absolute atomic E-state index is 4.22. The Hall–Kier alpha value is -1.94. The Labute approximate surface area is 109 Å². The fourth-order valence-electron chi connectivity index (χ4n) is 2.12. The largest absolute Gasteiger partial charge is 0.318 e. The van der Waals surface area contributed by atoms with E-state index in [1.807, 2.05) is 14.0 Å². The molecule has 0 atom stereocenters. The molecule has 0 fully saturated rings. The van der Waals surface area contributed by atoms with E-state index < -0.39 is 0 Å². The highest BCUT2D eigenvalue weighted by atomic mass is 32.1. The van der Waals surface area contributed by atoms with Gasteiger partial charge in [-0.2, -0.15) is 5.10 Å². The highest BCUT2D eigenvalue weighted by Crippen LogP contribution is 2.26. The van der Waals surface area contributed by atoms with Crippen LogP contribution in [0.15, 0.2) is 46.6 Å². The molecular weight excluding hydrogens is 242 g/mol. The summed E-state index contributed by atoms with van der Waals surface area (Å²) in [6, 6.07) is 12.7. The van der Waals surface area contributed by atoms with Crippen molar-refractivity contribution in [1.82, 2.24) is 4.57 Å². The van der Waals surface area contributed by atoms with Gasteiger partial charge in [0.1, 0.15) is 0 Å². The first-order valence-corrected chi connectivity index (χ1v) is 6.62. The Morgan fingerprint density at radius 1 is 1.17 bits per heavy atom. The molecule has 3 aromatic rings. The Kier molecular flexibility index (Phi) is 2.72. The first-order valence-electron chi connectivity index (χ1n) is 5.80. The van der Waals surface area contributed by atoms with Crippen molar-refractivity contribution in [1.29, 1.82) is 0 Å². The second-order valence-corrected chi connectivity index (χ2v) is 5.06. The molecule has 2 aromatic carbocycles. The summed E-state index contributed by atoms with van der Waals surface area (Å²) in [7, 11) is 2.04. The maximum atomic E-state index is 4.22. The van der Waals surface area contributed by atoms with Crippen molar-refractivity contribution in [2.45, 2.75) is 6.92 Å². The van der Waals surface area contributed by atoms with Crippen LogP contribution in [0.5, 0.6) is 0 Å². The van der Waals surface area contributed by atoms with Gasteiger partial charge in [0.25, 0.3) is 0 Å². The van der Waals surface area contributed by atoms with E-state index in [1.165, 1.54) is 21.0 Å². The van der Waals surface area contributed by atoms with Crippen LogP contribution in [0.4, 0.5) is 0 Å². The molecule has 1 aromatic heterocycles. The molecule has 4 heteroatoms. The maximum Gasteiger partial charge on any atom is 0.211 e. The van der Waals surface area contributed by atoms with Crippen molar-refractivity contribution >= 4 is 38.5 Å². The lowest BCUT2D eigenvalue weighted by molar-refractivity contribution is 0.892. The van der Waals surface area contributed by atoms with E-state index in [0.29, 0.717) is 0 Å². The number of hydrogen-bond acceptors (Lipinski definition) is 3. The zero-order chi connectivity index (χ0) is 12.5. The van der Waals surface area contributed by atoms with Gasteiger partial charge in [0.15, 0.2) is 0 Å². The molecule has 0 bridgehead atoms. The molecule has 0 spiro atoms. The Morgan fingerprint density at radius 3 is 2.83 bits per heavy atom. The van der Waals surface area contributed by atoms with Gasteiger partial charge in [-0.1, -0.05) is 41.7 Å². The normalized spacial score (nSPS) is 13.1. The third-order valence-electron chi connectivity index (χ3n) is 2.95. The molecule has 0 aliphatic carbocycles. The summed E-state index contributed by atoms with van der Waals surface area (Å²) in [5.41, 5.74) is 1.23. The number of fused-ring (bicyclic) bond motifs is 3. The minimum Gasteiger partial charge on any atom is -0.318 e. The first-order chi connectivity index (χ1) is 8.81. The summed E-state index contributed by atoms with van der Waals surface area (Å²) >= 11 is 1.66. The predicted molar refractivity (Wildman–Crippen MR) is 78.0 cm³/mol.